The molecular formula is C30H33F5. The molecule has 2 aromatic carbocycles. The first kappa shape index (κ1) is 25.7. The van der Waals surface area contributed by atoms with Gasteiger partial charge in [0, 0.05) is 11.1 Å². The molecule has 2 aliphatic carbocycles. The van der Waals surface area contributed by atoms with Crippen molar-refractivity contribution >= 4 is 0 Å². The average molecular weight is 489 g/mol. The van der Waals surface area contributed by atoms with E-state index in [0.717, 1.165) is 18.3 Å². The van der Waals surface area contributed by atoms with Crippen molar-refractivity contribution in [3.8, 4) is 11.8 Å². The van der Waals surface area contributed by atoms with E-state index in [-0.39, 0.29) is 5.56 Å². The van der Waals surface area contributed by atoms with Crippen molar-refractivity contribution in [1.82, 2.24) is 0 Å². The minimum absolute atomic E-state index is 0.112. The number of unbranched alkanes of at least 4 members (excludes halogenated alkanes) is 4. The van der Waals surface area contributed by atoms with Crippen LogP contribution in [0, 0.1) is 35.3 Å². The maximum Gasteiger partial charge on any atom is 0.422 e. The summed E-state index contributed by atoms with van der Waals surface area (Å²) in [5, 5.41) is 0. The number of aryl methyl sites for hydroxylation is 1. The van der Waals surface area contributed by atoms with Crippen molar-refractivity contribution in [2.24, 2.45) is 11.8 Å². The summed E-state index contributed by atoms with van der Waals surface area (Å²) in [5.41, 5.74) is 1.40. The lowest BCUT2D eigenvalue weighted by atomic mass is 9.64. The summed E-state index contributed by atoms with van der Waals surface area (Å²) in [5.74, 6) is 4.40. The van der Waals surface area contributed by atoms with E-state index >= 15 is 0 Å². The summed E-state index contributed by atoms with van der Waals surface area (Å²) in [6.45, 7) is 2.25. The van der Waals surface area contributed by atoms with E-state index in [2.05, 4.69) is 24.8 Å². The monoisotopic (exact) mass is 488 g/mol. The van der Waals surface area contributed by atoms with Crippen molar-refractivity contribution < 1.29 is 22.0 Å². The number of hydrogen-bond donors (Lipinski definition) is 0. The molecule has 0 N–H and O–H groups in total. The molecule has 35 heavy (non-hydrogen) atoms. The molecule has 0 bridgehead atoms. The summed E-state index contributed by atoms with van der Waals surface area (Å²) in [6.07, 6.45) is 9.00. The Hall–Kier alpha value is -2.35. The third-order valence-corrected chi connectivity index (χ3v) is 7.81. The van der Waals surface area contributed by atoms with Crippen LogP contribution in [-0.2, 0) is 12.6 Å². The quantitative estimate of drug-likeness (QED) is 0.216. The van der Waals surface area contributed by atoms with Gasteiger partial charge in [-0.2, -0.15) is 13.2 Å². The molecule has 3 atom stereocenters. The molecule has 2 aromatic rings. The summed E-state index contributed by atoms with van der Waals surface area (Å²) in [6, 6.07) is 7.38. The Bertz CT molecular complexity index is 1070. The van der Waals surface area contributed by atoms with Gasteiger partial charge < -0.3 is 0 Å². The highest BCUT2D eigenvalue weighted by atomic mass is 19.4. The predicted molar refractivity (Wildman–Crippen MR) is 129 cm³/mol. The van der Waals surface area contributed by atoms with Gasteiger partial charge in [0.05, 0.1) is 0 Å². The first-order valence-corrected chi connectivity index (χ1v) is 13.0. The normalized spacial score (nSPS) is 21.6. The number of alkyl halides is 3. The Morgan fingerprint density at radius 1 is 0.857 bits per heavy atom. The van der Waals surface area contributed by atoms with Crippen molar-refractivity contribution in [2.75, 3.05) is 0 Å². The Morgan fingerprint density at radius 2 is 1.57 bits per heavy atom. The third-order valence-electron chi connectivity index (χ3n) is 7.81. The Kier molecular flexibility index (Phi) is 8.19. The fraction of sp³-hybridized carbons (Fsp3) is 0.533. The molecule has 0 aliphatic heterocycles. The number of hydrogen-bond acceptors (Lipinski definition) is 0. The number of benzene rings is 2. The minimum Gasteiger partial charge on any atom is -0.206 e. The van der Waals surface area contributed by atoms with E-state index < -0.39 is 23.4 Å². The van der Waals surface area contributed by atoms with E-state index in [0.29, 0.717) is 23.6 Å². The van der Waals surface area contributed by atoms with Gasteiger partial charge in [0.15, 0.2) is 0 Å². The lowest BCUT2D eigenvalue weighted by molar-refractivity contribution is -0.142. The maximum atomic E-state index is 13.8. The molecular weight excluding hydrogens is 455 g/mol. The van der Waals surface area contributed by atoms with E-state index in [1.807, 2.05) is 12.1 Å². The molecule has 1 saturated carbocycles. The van der Waals surface area contributed by atoms with Crippen molar-refractivity contribution in [3.63, 3.8) is 0 Å². The van der Waals surface area contributed by atoms with E-state index in [1.54, 1.807) is 0 Å². The van der Waals surface area contributed by atoms with Crippen LogP contribution >= 0.6 is 0 Å². The van der Waals surface area contributed by atoms with E-state index in [4.69, 9.17) is 0 Å². The number of halogens is 5. The standard InChI is InChI=1S/C30H33F5/c1-2-3-4-5-6-7-20-10-14-25-23(16-20)12-13-24-17-21(11-15-26(24)25)8-9-22-18-27(31)29(28(32)19-22)30(33,34)35/h11,15,17-20,23,25H,2-7,10,12-14,16H2,1H3/t20-,23-,25+/m1/s1. The molecule has 0 heterocycles. The minimum atomic E-state index is -5.08. The Balaban J connectivity index is 1.41. The van der Waals surface area contributed by atoms with Crippen LogP contribution in [0.2, 0.25) is 0 Å². The van der Waals surface area contributed by atoms with Crippen LogP contribution in [0.4, 0.5) is 22.0 Å². The topological polar surface area (TPSA) is 0 Å². The molecule has 0 spiro atoms. The summed E-state index contributed by atoms with van der Waals surface area (Å²) in [4.78, 5) is 0. The van der Waals surface area contributed by atoms with Crippen molar-refractivity contribution in [1.29, 1.82) is 0 Å². The number of fused-ring (bicyclic) bond motifs is 3. The van der Waals surface area contributed by atoms with E-state index in [1.165, 1.54) is 75.3 Å². The molecule has 0 saturated heterocycles. The van der Waals surface area contributed by atoms with E-state index in [9.17, 15) is 22.0 Å². The molecule has 188 valence electrons. The second-order valence-electron chi connectivity index (χ2n) is 10.3. The molecule has 5 heteroatoms. The first-order valence-electron chi connectivity index (χ1n) is 13.0. The third kappa shape index (κ3) is 6.26. The van der Waals surface area contributed by atoms with Gasteiger partial charge in [-0.3, -0.25) is 0 Å². The second-order valence-corrected chi connectivity index (χ2v) is 10.3. The van der Waals surface area contributed by atoms with Crippen LogP contribution in [0.5, 0.6) is 0 Å². The molecule has 0 radical (unpaired) electrons. The zero-order valence-electron chi connectivity index (χ0n) is 20.3. The van der Waals surface area contributed by atoms with Gasteiger partial charge in [0.25, 0.3) is 0 Å². The maximum absolute atomic E-state index is 13.8. The van der Waals surface area contributed by atoms with Gasteiger partial charge in [-0.05, 0) is 85.3 Å². The molecule has 0 nitrogen and oxygen atoms in total. The van der Waals surface area contributed by atoms with Gasteiger partial charge in [0.1, 0.15) is 17.2 Å². The van der Waals surface area contributed by atoms with Gasteiger partial charge in [0.2, 0.25) is 0 Å². The zero-order chi connectivity index (χ0) is 25.0. The second kappa shape index (κ2) is 11.1. The smallest absolute Gasteiger partial charge is 0.206 e. The van der Waals surface area contributed by atoms with Gasteiger partial charge >= 0.3 is 6.18 Å². The van der Waals surface area contributed by atoms with Crippen LogP contribution in [-0.4, -0.2) is 0 Å². The van der Waals surface area contributed by atoms with Crippen LogP contribution in [0.3, 0.4) is 0 Å². The molecule has 4 rings (SSSR count). The molecule has 1 fully saturated rings. The molecule has 0 amide bonds. The lowest BCUT2D eigenvalue weighted by Crippen LogP contribution is -2.28. The van der Waals surface area contributed by atoms with Crippen LogP contribution in [0.1, 0.15) is 105 Å². The fourth-order valence-electron chi connectivity index (χ4n) is 6.05. The fourth-order valence-corrected chi connectivity index (χ4v) is 6.05. The average Bonchev–Trinajstić information content (AvgIpc) is 2.81. The highest BCUT2D eigenvalue weighted by molar-refractivity contribution is 5.48. The SMILES string of the molecule is CCCCCCC[C@@H]1CC[C@@H]2c3ccc(C#Cc4cc(F)c(C(F)(F)F)c(F)c4)cc3CC[C@@H]2C1. The van der Waals surface area contributed by atoms with Gasteiger partial charge in [-0.15, -0.1) is 0 Å². The molecule has 2 aliphatic rings. The molecule has 0 unspecified atom stereocenters. The van der Waals surface area contributed by atoms with Crippen LogP contribution < -0.4 is 0 Å². The highest BCUT2D eigenvalue weighted by Crippen LogP contribution is 2.48. The largest absolute Gasteiger partial charge is 0.422 e. The summed E-state index contributed by atoms with van der Waals surface area (Å²) >= 11 is 0. The van der Waals surface area contributed by atoms with Crippen molar-refractivity contribution in [2.45, 2.75) is 89.6 Å². The zero-order valence-corrected chi connectivity index (χ0v) is 20.3. The predicted octanol–water partition coefficient (Wildman–Crippen LogP) is 9.19. The van der Waals surface area contributed by atoms with Gasteiger partial charge in [-0.1, -0.05) is 63.4 Å². The van der Waals surface area contributed by atoms with Crippen LogP contribution in [0.15, 0.2) is 30.3 Å². The summed E-state index contributed by atoms with van der Waals surface area (Å²) in [7, 11) is 0. The lowest BCUT2D eigenvalue weighted by Gasteiger charge is -2.40. The van der Waals surface area contributed by atoms with Gasteiger partial charge in [-0.25, -0.2) is 8.78 Å². The Morgan fingerprint density at radius 3 is 2.29 bits per heavy atom. The van der Waals surface area contributed by atoms with Crippen LogP contribution in [0.25, 0.3) is 0 Å². The summed E-state index contributed by atoms with van der Waals surface area (Å²) < 4.78 is 66.0. The number of rotatable bonds is 6. The Labute approximate surface area is 205 Å². The first-order chi connectivity index (χ1) is 16.8. The molecule has 0 aromatic heterocycles. The van der Waals surface area contributed by atoms with Crippen molar-refractivity contribution in [3.05, 3.63) is 69.8 Å². The highest BCUT2D eigenvalue weighted by Gasteiger charge is 2.38.